The van der Waals surface area contributed by atoms with Gasteiger partial charge in [-0.3, -0.25) is 14.4 Å². The van der Waals surface area contributed by atoms with E-state index in [1.807, 2.05) is 6.08 Å². The molecule has 0 aromatic rings. The van der Waals surface area contributed by atoms with Crippen molar-refractivity contribution in [3.8, 4) is 0 Å². The normalized spacial score (nSPS) is 12.7. The van der Waals surface area contributed by atoms with Crippen LogP contribution in [-0.4, -0.2) is 37.2 Å². The number of rotatable bonds is 60. The van der Waals surface area contributed by atoms with Gasteiger partial charge in [0.15, 0.2) is 6.10 Å². The van der Waals surface area contributed by atoms with Gasteiger partial charge in [-0.25, -0.2) is 0 Å². The lowest BCUT2D eigenvalue weighted by atomic mass is 10.0. The summed E-state index contributed by atoms with van der Waals surface area (Å²) in [4.78, 5) is 38.3. The molecular formula is C72H124O6. The molecule has 0 N–H and O–H groups in total. The van der Waals surface area contributed by atoms with Crippen molar-refractivity contribution in [1.29, 1.82) is 0 Å². The summed E-state index contributed by atoms with van der Waals surface area (Å²) in [5, 5.41) is 0. The van der Waals surface area contributed by atoms with Crippen molar-refractivity contribution in [2.45, 2.75) is 329 Å². The van der Waals surface area contributed by atoms with Crippen LogP contribution in [0.15, 0.2) is 97.2 Å². The van der Waals surface area contributed by atoms with Crippen molar-refractivity contribution in [3.63, 3.8) is 0 Å². The summed E-state index contributed by atoms with van der Waals surface area (Å²) in [5.74, 6) is -1.05. The molecule has 0 aromatic heterocycles. The van der Waals surface area contributed by atoms with Gasteiger partial charge < -0.3 is 14.2 Å². The second kappa shape index (κ2) is 65.8. The van der Waals surface area contributed by atoms with Gasteiger partial charge in [0.25, 0.3) is 0 Å². The summed E-state index contributed by atoms with van der Waals surface area (Å²) in [5.41, 5.74) is 0. The van der Waals surface area contributed by atoms with Gasteiger partial charge in [-0.15, -0.1) is 0 Å². The maximum Gasteiger partial charge on any atom is 0.309 e. The lowest BCUT2D eigenvalue weighted by Gasteiger charge is -2.18. The molecule has 0 spiro atoms. The molecule has 0 heterocycles. The Morgan fingerprint density at radius 3 is 0.897 bits per heavy atom. The molecule has 0 aromatic carbocycles. The quantitative estimate of drug-likeness (QED) is 0.0261. The topological polar surface area (TPSA) is 78.9 Å². The molecule has 0 amide bonds. The molecule has 0 aliphatic carbocycles. The summed E-state index contributed by atoms with van der Waals surface area (Å²) in [7, 11) is 0. The van der Waals surface area contributed by atoms with Crippen LogP contribution in [0.25, 0.3) is 0 Å². The number of carbonyl (C=O) groups excluding carboxylic acids is 3. The highest BCUT2D eigenvalue weighted by Crippen LogP contribution is 2.17. The third-order valence-electron chi connectivity index (χ3n) is 14.4. The van der Waals surface area contributed by atoms with Crippen LogP contribution in [0.2, 0.25) is 0 Å². The molecule has 0 aliphatic rings. The predicted octanol–water partition coefficient (Wildman–Crippen LogP) is 22.8. The lowest BCUT2D eigenvalue weighted by molar-refractivity contribution is -0.166. The monoisotopic (exact) mass is 1080 g/mol. The van der Waals surface area contributed by atoms with Gasteiger partial charge >= 0.3 is 17.9 Å². The second-order valence-corrected chi connectivity index (χ2v) is 22.0. The van der Waals surface area contributed by atoms with Crippen LogP contribution in [0.4, 0.5) is 0 Å². The summed E-state index contributed by atoms with van der Waals surface area (Å²) in [6.45, 7) is 6.45. The Labute approximate surface area is 483 Å². The minimum atomic E-state index is -0.826. The number of hydrogen-bond acceptors (Lipinski definition) is 6. The Bertz CT molecular complexity index is 1530. The van der Waals surface area contributed by atoms with Crippen LogP contribution in [0.3, 0.4) is 0 Å². The van der Waals surface area contributed by atoms with Crippen LogP contribution < -0.4 is 0 Å². The molecular weight excluding hydrogens is 961 g/mol. The van der Waals surface area contributed by atoms with E-state index in [9.17, 15) is 14.4 Å². The third kappa shape index (κ3) is 63.2. The molecule has 1 atom stereocenters. The Hall–Kier alpha value is -3.67. The van der Waals surface area contributed by atoms with E-state index in [1.165, 1.54) is 186 Å². The first-order chi connectivity index (χ1) is 38.5. The highest BCUT2D eigenvalue weighted by molar-refractivity contribution is 5.72. The van der Waals surface area contributed by atoms with Crippen molar-refractivity contribution in [3.05, 3.63) is 97.2 Å². The summed E-state index contributed by atoms with van der Waals surface area (Å²) >= 11 is 0. The minimum absolute atomic E-state index is 0.111. The molecule has 0 saturated carbocycles. The molecule has 78 heavy (non-hydrogen) atoms. The first kappa shape index (κ1) is 74.3. The molecule has 6 heteroatoms. The van der Waals surface area contributed by atoms with E-state index in [-0.39, 0.29) is 31.6 Å². The van der Waals surface area contributed by atoms with Crippen molar-refractivity contribution in [2.24, 2.45) is 0 Å². The Balaban J connectivity index is 4.40. The Morgan fingerprint density at radius 2 is 0.551 bits per heavy atom. The van der Waals surface area contributed by atoms with Crippen LogP contribution in [0.1, 0.15) is 323 Å². The highest BCUT2D eigenvalue weighted by atomic mass is 16.6. The molecule has 448 valence electrons. The van der Waals surface area contributed by atoms with Crippen molar-refractivity contribution in [2.75, 3.05) is 13.2 Å². The van der Waals surface area contributed by atoms with Crippen LogP contribution in [-0.2, 0) is 28.6 Å². The van der Waals surface area contributed by atoms with Crippen molar-refractivity contribution in [1.82, 2.24) is 0 Å². The number of ether oxygens (including phenoxy) is 3. The zero-order chi connectivity index (χ0) is 56.4. The fourth-order valence-electron chi connectivity index (χ4n) is 9.41. The first-order valence-corrected chi connectivity index (χ1v) is 33.2. The van der Waals surface area contributed by atoms with Gasteiger partial charge in [0.05, 0.1) is 6.42 Å². The molecule has 6 nitrogen and oxygen atoms in total. The van der Waals surface area contributed by atoms with Crippen LogP contribution in [0, 0.1) is 0 Å². The number of esters is 3. The molecule has 0 fully saturated rings. The molecule has 0 bridgehead atoms. The second-order valence-electron chi connectivity index (χ2n) is 22.0. The highest BCUT2D eigenvalue weighted by Gasteiger charge is 2.19. The zero-order valence-electron chi connectivity index (χ0n) is 51.4. The minimum Gasteiger partial charge on any atom is -0.462 e. The Morgan fingerprint density at radius 1 is 0.282 bits per heavy atom. The Kier molecular flexibility index (Phi) is 62.7. The van der Waals surface area contributed by atoms with E-state index < -0.39 is 12.1 Å². The molecule has 0 aliphatic heterocycles. The average Bonchev–Trinajstić information content (AvgIpc) is 3.44. The molecule has 0 radical (unpaired) electrons. The smallest absolute Gasteiger partial charge is 0.309 e. The number of unbranched alkanes of at least 4 members (excludes halogenated alkanes) is 34. The van der Waals surface area contributed by atoms with E-state index in [0.717, 1.165) is 96.3 Å². The number of carbonyl (C=O) groups is 3. The molecule has 0 rings (SSSR count). The van der Waals surface area contributed by atoms with E-state index >= 15 is 0 Å². The zero-order valence-corrected chi connectivity index (χ0v) is 51.4. The summed E-state index contributed by atoms with van der Waals surface area (Å²) in [6.07, 6.45) is 88.8. The number of allylic oxidation sites excluding steroid dienone is 15. The van der Waals surface area contributed by atoms with Crippen molar-refractivity contribution < 1.29 is 28.6 Å². The average molecular weight is 1090 g/mol. The van der Waals surface area contributed by atoms with Crippen molar-refractivity contribution >= 4 is 17.9 Å². The predicted molar refractivity (Wildman–Crippen MR) is 339 cm³/mol. The van der Waals surface area contributed by atoms with E-state index in [1.54, 1.807) is 6.08 Å². The van der Waals surface area contributed by atoms with Crippen LogP contribution >= 0.6 is 0 Å². The molecule has 0 saturated heterocycles. The van der Waals surface area contributed by atoms with Gasteiger partial charge in [-0.1, -0.05) is 317 Å². The summed E-state index contributed by atoms with van der Waals surface area (Å²) < 4.78 is 16.8. The lowest BCUT2D eigenvalue weighted by Crippen LogP contribution is -2.30. The largest absolute Gasteiger partial charge is 0.462 e. The number of hydrogen-bond donors (Lipinski definition) is 0. The first-order valence-electron chi connectivity index (χ1n) is 33.2. The van der Waals surface area contributed by atoms with Gasteiger partial charge in [0.1, 0.15) is 13.2 Å². The SMILES string of the molecule is CC/C=C\C/C=C\C/C=C\C/C=C\C/C=C\CC(=O)OCC(COC(=O)CCCCCCCCCCCCCCCCCCCCCCCCCC)OC(=O)CCCCCCCC/C=C\C/C=C\C/C=C\CCCCCCC. The maximum atomic E-state index is 12.9. The fraction of sp³-hybridized carbons (Fsp3) is 0.736. The van der Waals surface area contributed by atoms with E-state index in [4.69, 9.17) is 14.2 Å². The van der Waals surface area contributed by atoms with E-state index in [0.29, 0.717) is 12.8 Å². The summed E-state index contributed by atoms with van der Waals surface area (Å²) in [6, 6.07) is 0. The fourth-order valence-corrected chi connectivity index (χ4v) is 9.41. The third-order valence-corrected chi connectivity index (χ3v) is 14.4. The maximum absolute atomic E-state index is 12.9. The van der Waals surface area contributed by atoms with Gasteiger partial charge in [-0.2, -0.15) is 0 Å². The standard InChI is InChI=1S/C72H124O6/c1-4-7-10-13-16-19-22-25-28-30-32-34-35-36-38-39-41-44-47-50-53-56-59-62-65-71(74)77-68-69(67-76-70(73)64-61-58-55-52-49-46-43-27-24-21-18-15-12-9-6-3)78-72(75)66-63-60-57-54-51-48-45-42-40-37-33-31-29-26-23-20-17-14-11-8-5-2/h9,12,18,21,23,26-27,31,33,40,42-43,49,52,58,61,69H,4-8,10-11,13-17,19-20,22,24-25,28-30,32,34-39,41,44-48,50-51,53-57,59-60,62-68H2,1-3H3/b12-9-,21-18-,26-23-,33-31-,42-40-,43-27-,52-49-,61-58-. The molecule has 1 unspecified atom stereocenters. The van der Waals surface area contributed by atoms with Gasteiger partial charge in [0.2, 0.25) is 0 Å². The van der Waals surface area contributed by atoms with Gasteiger partial charge in [-0.05, 0) is 83.5 Å². The van der Waals surface area contributed by atoms with Gasteiger partial charge in [0, 0.05) is 12.8 Å². The van der Waals surface area contributed by atoms with E-state index in [2.05, 4.69) is 106 Å². The van der Waals surface area contributed by atoms with Crippen LogP contribution in [0.5, 0.6) is 0 Å².